The summed E-state index contributed by atoms with van der Waals surface area (Å²) >= 11 is 0. The van der Waals surface area contributed by atoms with Crippen LogP contribution in [-0.4, -0.2) is 48.8 Å². The van der Waals surface area contributed by atoms with E-state index in [0.717, 1.165) is 25.3 Å². The van der Waals surface area contributed by atoms with Crippen LogP contribution in [0.25, 0.3) is 0 Å². The first-order valence-corrected chi connectivity index (χ1v) is 7.73. The second-order valence-electron chi connectivity index (χ2n) is 6.16. The number of urea groups is 1. The van der Waals surface area contributed by atoms with E-state index in [1.807, 2.05) is 30.0 Å². The minimum atomic E-state index is 0.147. The molecular formula is C16H21N3O2. The monoisotopic (exact) mass is 287 g/mol. The van der Waals surface area contributed by atoms with Gasteiger partial charge in [0.15, 0.2) is 0 Å². The highest BCUT2D eigenvalue weighted by atomic mass is 16.7. The minimum Gasteiger partial charge on any atom is -0.317 e. The Hall–Kier alpha value is -1.59. The summed E-state index contributed by atoms with van der Waals surface area (Å²) in [5.74, 6) is 0.430. The number of rotatable bonds is 1. The molecule has 3 atom stereocenters. The Labute approximate surface area is 125 Å². The van der Waals surface area contributed by atoms with Crippen LogP contribution in [0.15, 0.2) is 24.3 Å². The zero-order valence-corrected chi connectivity index (χ0v) is 12.5. The number of benzene rings is 1. The van der Waals surface area contributed by atoms with Crippen molar-refractivity contribution in [2.24, 2.45) is 5.92 Å². The molecule has 0 saturated carbocycles. The van der Waals surface area contributed by atoms with Crippen molar-refractivity contribution >= 4 is 11.7 Å². The molecule has 5 heteroatoms. The number of carbonyl (C=O) groups excluding carboxylic acids is 1. The number of hydroxylamine groups is 2. The Morgan fingerprint density at radius 3 is 2.95 bits per heavy atom. The highest BCUT2D eigenvalue weighted by Gasteiger charge is 2.47. The Kier molecular flexibility index (Phi) is 2.94. The SMILES string of the molecule is CCN1C(=O)N2C[C@H]3CON(C)[C@H]3C[C@H]2c2ccccc21. The van der Waals surface area contributed by atoms with E-state index in [2.05, 4.69) is 23.1 Å². The highest BCUT2D eigenvalue weighted by molar-refractivity contribution is 5.95. The molecule has 0 radical (unpaired) electrons. The Morgan fingerprint density at radius 1 is 1.33 bits per heavy atom. The van der Waals surface area contributed by atoms with Crippen LogP contribution in [0.1, 0.15) is 24.9 Å². The van der Waals surface area contributed by atoms with E-state index in [0.29, 0.717) is 18.5 Å². The number of hydrogen-bond donors (Lipinski definition) is 0. The number of amides is 2. The third-order valence-corrected chi connectivity index (χ3v) is 5.15. The normalized spacial score (nSPS) is 31.9. The zero-order chi connectivity index (χ0) is 14.6. The van der Waals surface area contributed by atoms with Crippen molar-refractivity contribution < 1.29 is 9.63 Å². The van der Waals surface area contributed by atoms with Crippen molar-refractivity contribution in [2.45, 2.75) is 25.4 Å². The zero-order valence-electron chi connectivity index (χ0n) is 12.5. The number of nitrogens with zero attached hydrogens (tertiary/aromatic N) is 3. The highest BCUT2D eigenvalue weighted by Crippen LogP contribution is 2.45. The number of hydrogen-bond acceptors (Lipinski definition) is 3. The lowest BCUT2D eigenvalue weighted by atomic mass is 9.84. The molecule has 21 heavy (non-hydrogen) atoms. The van der Waals surface area contributed by atoms with Crippen LogP contribution >= 0.6 is 0 Å². The third-order valence-electron chi connectivity index (χ3n) is 5.15. The summed E-state index contributed by atoms with van der Waals surface area (Å²) in [6, 6.07) is 9.06. The standard InChI is InChI=1S/C16H21N3O2/c1-3-18-13-7-5-4-6-12(13)15-8-14-11(10-21-17(14)2)9-19(15)16(18)20/h4-7,11,14-15H,3,8-10H2,1-2H3/t11-,14-,15-/m0/s1. The van der Waals surface area contributed by atoms with Crippen molar-refractivity contribution in [1.82, 2.24) is 9.96 Å². The molecule has 2 saturated heterocycles. The molecule has 1 aromatic rings. The summed E-state index contributed by atoms with van der Waals surface area (Å²) in [6.07, 6.45) is 0.960. The molecule has 112 valence electrons. The van der Waals surface area contributed by atoms with Gasteiger partial charge in [-0.05, 0) is 25.0 Å². The van der Waals surface area contributed by atoms with Crippen molar-refractivity contribution in [1.29, 1.82) is 0 Å². The van der Waals surface area contributed by atoms with Crippen molar-refractivity contribution in [3.05, 3.63) is 29.8 Å². The van der Waals surface area contributed by atoms with Gasteiger partial charge in [0.2, 0.25) is 0 Å². The van der Waals surface area contributed by atoms with Crippen LogP contribution < -0.4 is 4.90 Å². The van der Waals surface area contributed by atoms with Crippen LogP contribution in [0.4, 0.5) is 10.5 Å². The quantitative estimate of drug-likeness (QED) is 0.795. The summed E-state index contributed by atoms with van der Waals surface area (Å²) in [6.45, 7) is 4.27. The Morgan fingerprint density at radius 2 is 2.14 bits per heavy atom. The molecule has 4 rings (SSSR count). The molecule has 1 aromatic carbocycles. The average molecular weight is 287 g/mol. The predicted molar refractivity (Wildman–Crippen MR) is 79.9 cm³/mol. The molecule has 0 N–H and O–H groups in total. The van der Waals surface area contributed by atoms with E-state index in [-0.39, 0.29) is 12.1 Å². The van der Waals surface area contributed by atoms with Gasteiger partial charge in [0.25, 0.3) is 0 Å². The van der Waals surface area contributed by atoms with Gasteiger partial charge >= 0.3 is 6.03 Å². The van der Waals surface area contributed by atoms with Gasteiger partial charge in [-0.2, -0.15) is 5.06 Å². The number of para-hydroxylation sites is 1. The second kappa shape index (κ2) is 4.71. The Balaban J connectivity index is 1.76. The molecule has 3 aliphatic rings. The topological polar surface area (TPSA) is 36.0 Å². The molecule has 2 fully saturated rings. The van der Waals surface area contributed by atoms with E-state index in [1.54, 1.807) is 0 Å². The van der Waals surface area contributed by atoms with Gasteiger partial charge in [-0.3, -0.25) is 9.74 Å². The number of carbonyl (C=O) groups is 1. The molecule has 0 bridgehead atoms. The fourth-order valence-corrected chi connectivity index (χ4v) is 4.05. The van der Waals surface area contributed by atoms with Gasteiger partial charge in [0.1, 0.15) is 0 Å². The van der Waals surface area contributed by atoms with Crippen LogP contribution in [0.2, 0.25) is 0 Å². The van der Waals surface area contributed by atoms with E-state index in [4.69, 9.17) is 4.84 Å². The van der Waals surface area contributed by atoms with Gasteiger partial charge in [0.05, 0.1) is 18.3 Å². The van der Waals surface area contributed by atoms with Crippen molar-refractivity contribution in [3.63, 3.8) is 0 Å². The third kappa shape index (κ3) is 1.80. The van der Waals surface area contributed by atoms with Crippen molar-refractivity contribution in [3.8, 4) is 0 Å². The summed E-state index contributed by atoms with van der Waals surface area (Å²) < 4.78 is 0. The lowest BCUT2D eigenvalue weighted by molar-refractivity contribution is -0.113. The fraction of sp³-hybridized carbons (Fsp3) is 0.562. The summed E-state index contributed by atoms with van der Waals surface area (Å²) in [4.78, 5) is 22.4. The predicted octanol–water partition coefficient (Wildman–Crippen LogP) is 2.26. The van der Waals surface area contributed by atoms with E-state index >= 15 is 0 Å². The van der Waals surface area contributed by atoms with E-state index in [9.17, 15) is 4.79 Å². The Bertz CT molecular complexity index is 576. The van der Waals surface area contributed by atoms with Gasteiger partial charge < -0.3 is 4.90 Å². The molecular weight excluding hydrogens is 266 g/mol. The maximum absolute atomic E-state index is 12.8. The molecule has 3 heterocycles. The maximum atomic E-state index is 12.8. The molecule has 0 aliphatic carbocycles. The van der Waals surface area contributed by atoms with Gasteiger partial charge in [-0.1, -0.05) is 18.2 Å². The van der Waals surface area contributed by atoms with E-state index < -0.39 is 0 Å². The maximum Gasteiger partial charge on any atom is 0.325 e. The molecule has 5 nitrogen and oxygen atoms in total. The molecule has 2 amide bonds. The van der Waals surface area contributed by atoms with Crippen LogP contribution in [0.3, 0.4) is 0 Å². The number of fused-ring (bicyclic) bond motifs is 4. The molecule has 3 aliphatic heterocycles. The summed E-state index contributed by atoms with van der Waals surface area (Å²) in [7, 11) is 2.01. The average Bonchev–Trinajstić information content (AvgIpc) is 2.87. The minimum absolute atomic E-state index is 0.147. The summed E-state index contributed by atoms with van der Waals surface area (Å²) in [5.41, 5.74) is 2.35. The number of anilines is 1. The smallest absolute Gasteiger partial charge is 0.317 e. The summed E-state index contributed by atoms with van der Waals surface area (Å²) in [5, 5.41) is 1.99. The first kappa shape index (κ1) is 13.1. The van der Waals surface area contributed by atoms with Gasteiger partial charge in [-0.15, -0.1) is 0 Å². The van der Waals surface area contributed by atoms with E-state index in [1.165, 1.54) is 5.56 Å². The lowest BCUT2D eigenvalue weighted by Gasteiger charge is -2.48. The fourth-order valence-electron chi connectivity index (χ4n) is 4.05. The largest absolute Gasteiger partial charge is 0.325 e. The van der Waals surface area contributed by atoms with Crippen LogP contribution in [0, 0.1) is 5.92 Å². The van der Waals surface area contributed by atoms with Crippen molar-refractivity contribution in [2.75, 3.05) is 31.6 Å². The first-order valence-electron chi connectivity index (χ1n) is 7.73. The van der Waals surface area contributed by atoms with Crippen LogP contribution in [-0.2, 0) is 4.84 Å². The van der Waals surface area contributed by atoms with Gasteiger partial charge in [-0.25, -0.2) is 4.79 Å². The second-order valence-corrected chi connectivity index (χ2v) is 6.16. The van der Waals surface area contributed by atoms with Crippen LogP contribution in [0.5, 0.6) is 0 Å². The number of piperidine rings is 1. The first-order chi connectivity index (χ1) is 10.2. The van der Waals surface area contributed by atoms with Gasteiger partial charge in [0, 0.05) is 32.1 Å². The lowest BCUT2D eigenvalue weighted by Crippen LogP contribution is -2.56. The molecule has 0 aromatic heterocycles. The molecule has 0 spiro atoms. The molecule has 0 unspecified atom stereocenters.